The molecule has 0 saturated carbocycles. The topological polar surface area (TPSA) is 103 Å². The molecule has 0 radical (unpaired) electrons. The highest BCUT2D eigenvalue weighted by molar-refractivity contribution is 5.94. The molecule has 9 heteroatoms. The number of benzene rings is 1. The van der Waals surface area contributed by atoms with E-state index in [-0.39, 0.29) is 41.8 Å². The van der Waals surface area contributed by atoms with Crippen molar-refractivity contribution in [2.24, 2.45) is 5.92 Å². The Morgan fingerprint density at radius 1 is 1.21 bits per heavy atom. The Labute approximate surface area is 197 Å². The van der Waals surface area contributed by atoms with Crippen LogP contribution in [0.1, 0.15) is 49.7 Å². The fraction of sp³-hybridized carbons (Fsp3) is 0.400. The first-order valence-electron chi connectivity index (χ1n) is 11.3. The molecule has 3 aromatic rings. The summed E-state index contributed by atoms with van der Waals surface area (Å²) in [4.78, 5) is 30.4. The zero-order valence-electron chi connectivity index (χ0n) is 19.8. The molecule has 1 atom stereocenters. The number of carbonyl (C=O) groups is 1. The summed E-state index contributed by atoms with van der Waals surface area (Å²) in [5, 5.41) is 13.4. The average Bonchev–Trinajstić information content (AvgIpc) is 2.81. The second-order valence-corrected chi connectivity index (χ2v) is 8.12. The molecule has 0 aliphatic heterocycles. The van der Waals surface area contributed by atoms with E-state index in [2.05, 4.69) is 10.3 Å². The van der Waals surface area contributed by atoms with Crippen LogP contribution in [-0.2, 0) is 11.3 Å². The molecule has 2 heterocycles. The summed E-state index contributed by atoms with van der Waals surface area (Å²) in [5.41, 5.74) is 0.909. The smallest absolute Gasteiger partial charge is 0.343 e. The fourth-order valence-corrected chi connectivity index (χ4v) is 3.66. The standard InChI is InChI=1S/C25H30FN3O5/c1-5-33-24-20(27-12-16-7-9-17(26)10-8-16)11-18-22(31)19(25(32)34-6-2)13-29(23(18)28-24)21(14-30)15(3)4/h7-11,13,15,21,27,30H,5-6,12,14H2,1-4H3/t21-/m1/s1. The number of carbonyl (C=O) groups excluding carboxylic acids is 1. The number of hydrogen-bond donors (Lipinski definition) is 2. The SMILES string of the molecule is CCOC(=O)c1cn([C@H](CO)C(C)C)c2nc(OCC)c(NCc3ccc(F)cc3)cc2c1=O. The normalized spacial score (nSPS) is 12.1. The molecule has 0 bridgehead atoms. The Bertz CT molecular complexity index is 1210. The molecule has 182 valence electrons. The number of fused-ring (bicyclic) bond motifs is 1. The number of anilines is 1. The van der Waals surface area contributed by atoms with Crippen molar-refractivity contribution in [3.05, 3.63) is 63.7 Å². The van der Waals surface area contributed by atoms with Crippen LogP contribution in [0.3, 0.4) is 0 Å². The summed E-state index contributed by atoms with van der Waals surface area (Å²) in [6.45, 7) is 7.91. The first-order valence-corrected chi connectivity index (χ1v) is 11.3. The molecule has 2 aromatic heterocycles. The van der Waals surface area contributed by atoms with Crippen molar-refractivity contribution >= 4 is 22.7 Å². The van der Waals surface area contributed by atoms with Crippen molar-refractivity contribution in [2.75, 3.05) is 25.1 Å². The van der Waals surface area contributed by atoms with Gasteiger partial charge in [-0.1, -0.05) is 26.0 Å². The van der Waals surface area contributed by atoms with Crippen molar-refractivity contribution in [1.82, 2.24) is 9.55 Å². The number of aliphatic hydroxyl groups excluding tert-OH is 1. The molecular weight excluding hydrogens is 441 g/mol. The van der Waals surface area contributed by atoms with E-state index < -0.39 is 17.4 Å². The summed E-state index contributed by atoms with van der Waals surface area (Å²) in [6, 6.07) is 7.19. The third kappa shape index (κ3) is 5.36. The summed E-state index contributed by atoms with van der Waals surface area (Å²) >= 11 is 0. The van der Waals surface area contributed by atoms with Gasteiger partial charge in [0.25, 0.3) is 0 Å². The van der Waals surface area contributed by atoms with Crippen LogP contribution in [0.2, 0.25) is 0 Å². The first kappa shape index (κ1) is 25.2. The lowest BCUT2D eigenvalue weighted by Crippen LogP contribution is -2.27. The second-order valence-electron chi connectivity index (χ2n) is 8.12. The van der Waals surface area contributed by atoms with Gasteiger partial charge in [0, 0.05) is 12.7 Å². The van der Waals surface area contributed by atoms with Gasteiger partial charge in [-0.3, -0.25) is 4.79 Å². The molecule has 34 heavy (non-hydrogen) atoms. The zero-order valence-corrected chi connectivity index (χ0v) is 19.8. The van der Waals surface area contributed by atoms with Crippen LogP contribution < -0.4 is 15.5 Å². The Morgan fingerprint density at radius 2 is 1.91 bits per heavy atom. The molecule has 0 aliphatic rings. The molecule has 0 saturated heterocycles. The quantitative estimate of drug-likeness (QED) is 0.432. The van der Waals surface area contributed by atoms with E-state index >= 15 is 0 Å². The number of aliphatic hydroxyl groups is 1. The largest absolute Gasteiger partial charge is 0.476 e. The predicted octanol–water partition coefficient (Wildman–Crippen LogP) is 3.91. The number of aromatic nitrogens is 2. The number of ether oxygens (including phenoxy) is 2. The number of esters is 1. The maximum Gasteiger partial charge on any atom is 0.343 e. The van der Waals surface area contributed by atoms with Crippen LogP contribution in [0.15, 0.2) is 41.3 Å². The van der Waals surface area contributed by atoms with E-state index in [0.29, 0.717) is 24.5 Å². The fourth-order valence-electron chi connectivity index (χ4n) is 3.66. The van der Waals surface area contributed by atoms with Crippen molar-refractivity contribution in [3.8, 4) is 5.88 Å². The zero-order chi connectivity index (χ0) is 24.8. The third-order valence-electron chi connectivity index (χ3n) is 5.46. The molecule has 0 unspecified atom stereocenters. The lowest BCUT2D eigenvalue weighted by molar-refractivity contribution is 0.0523. The van der Waals surface area contributed by atoms with Gasteiger partial charge < -0.3 is 24.5 Å². The van der Waals surface area contributed by atoms with Gasteiger partial charge in [0.1, 0.15) is 17.0 Å². The molecule has 1 aromatic carbocycles. The van der Waals surface area contributed by atoms with Crippen molar-refractivity contribution in [2.45, 2.75) is 40.3 Å². The minimum Gasteiger partial charge on any atom is -0.476 e. The first-order chi connectivity index (χ1) is 16.3. The van der Waals surface area contributed by atoms with Crippen LogP contribution in [0.25, 0.3) is 11.0 Å². The lowest BCUT2D eigenvalue weighted by atomic mass is 10.0. The van der Waals surface area contributed by atoms with Crippen LogP contribution in [-0.4, -0.2) is 40.4 Å². The van der Waals surface area contributed by atoms with Crippen LogP contribution in [0, 0.1) is 11.7 Å². The second kappa shape index (κ2) is 11.1. The number of hydrogen-bond acceptors (Lipinski definition) is 7. The Kier molecular flexibility index (Phi) is 8.22. The van der Waals surface area contributed by atoms with Crippen LogP contribution in [0.4, 0.5) is 10.1 Å². The maximum absolute atomic E-state index is 13.3. The van der Waals surface area contributed by atoms with E-state index in [1.165, 1.54) is 18.3 Å². The predicted molar refractivity (Wildman–Crippen MR) is 128 cm³/mol. The van der Waals surface area contributed by atoms with Gasteiger partial charge in [-0.2, -0.15) is 4.98 Å². The highest BCUT2D eigenvalue weighted by atomic mass is 19.1. The third-order valence-corrected chi connectivity index (χ3v) is 5.46. The summed E-state index contributed by atoms with van der Waals surface area (Å²) < 4.78 is 25.7. The van der Waals surface area contributed by atoms with Gasteiger partial charge in [-0.25, -0.2) is 9.18 Å². The average molecular weight is 472 g/mol. The number of rotatable bonds is 10. The Morgan fingerprint density at radius 3 is 2.50 bits per heavy atom. The molecule has 3 rings (SSSR count). The summed E-state index contributed by atoms with van der Waals surface area (Å²) in [7, 11) is 0. The summed E-state index contributed by atoms with van der Waals surface area (Å²) in [6.07, 6.45) is 1.40. The van der Waals surface area contributed by atoms with Crippen LogP contribution >= 0.6 is 0 Å². The van der Waals surface area contributed by atoms with Gasteiger partial charge in [-0.15, -0.1) is 0 Å². The van der Waals surface area contributed by atoms with Gasteiger partial charge in [0.15, 0.2) is 0 Å². The number of nitrogens with zero attached hydrogens (tertiary/aromatic N) is 2. The highest BCUT2D eigenvalue weighted by Crippen LogP contribution is 2.29. The Hall–Kier alpha value is -3.46. The highest BCUT2D eigenvalue weighted by Gasteiger charge is 2.24. The van der Waals surface area contributed by atoms with Gasteiger partial charge in [0.2, 0.25) is 11.3 Å². The van der Waals surface area contributed by atoms with Gasteiger partial charge in [-0.05, 0) is 43.5 Å². The van der Waals surface area contributed by atoms with E-state index in [1.54, 1.807) is 29.7 Å². The molecule has 2 N–H and O–H groups in total. The molecular formula is C25H30FN3O5. The minimum atomic E-state index is -0.738. The van der Waals surface area contributed by atoms with Gasteiger partial charge >= 0.3 is 5.97 Å². The molecule has 0 amide bonds. The maximum atomic E-state index is 13.3. The monoisotopic (exact) mass is 471 g/mol. The number of pyridine rings is 2. The van der Waals surface area contributed by atoms with Gasteiger partial charge in [0.05, 0.1) is 36.9 Å². The molecule has 0 aliphatic carbocycles. The lowest BCUT2D eigenvalue weighted by Gasteiger charge is -2.25. The van der Waals surface area contributed by atoms with E-state index in [9.17, 15) is 19.1 Å². The Balaban J connectivity index is 2.20. The van der Waals surface area contributed by atoms with Crippen LogP contribution in [0.5, 0.6) is 5.88 Å². The number of nitrogens with one attached hydrogen (secondary N) is 1. The van der Waals surface area contributed by atoms with E-state index in [4.69, 9.17) is 9.47 Å². The van der Waals surface area contributed by atoms with E-state index in [0.717, 1.165) is 5.56 Å². The minimum absolute atomic E-state index is 0.0145. The van der Waals surface area contributed by atoms with Crippen molar-refractivity contribution in [3.63, 3.8) is 0 Å². The molecule has 0 fully saturated rings. The van der Waals surface area contributed by atoms with Crippen molar-refractivity contribution < 1.29 is 23.8 Å². The van der Waals surface area contributed by atoms with Crippen molar-refractivity contribution in [1.29, 1.82) is 0 Å². The molecule has 8 nitrogen and oxygen atoms in total. The number of halogens is 1. The summed E-state index contributed by atoms with van der Waals surface area (Å²) in [5.74, 6) is -0.811. The van der Waals surface area contributed by atoms with E-state index in [1.807, 2.05) is 20.8 Å². The molecule has 0 spiro atoms.